The first-order valence-corrected chi connectivity index (χ1v) is 14.3. The molecule has 0 bridgehead atoms. The van der Waals surface area contributed by atoms with E-state index in [0.29, 0.717) is 22.6 Å². The van der Waals surface area contributed by atoms with E-state index in [2.05, 4.69) is 30.9 Å². The molecular formula is C31H33F2N7O3. The average molecular weight is 590 g/mol. The number of halogens is 2. The predicted octanol–water partition coefficient (Wildman–Crippen LogP) is 5.09. The number of nitrogens with one attached hydrogen (secondary N) is 3. The quantitative estimate of drug-likeness (QED) is 0.263. The molecule has 10 nitrogen and oxygen atoms in total. The second-order valence-corrected chi connectivity index (χ2v) is 11.7. The van der Waals surface area contributed by atoms with Gasteiger partial charge in [-0.1, -0.05) is 6.07 Å². The van der Waals surface area contributed by atoms with Gasteiger partial charge in [-0.15, -0.1) is 0 Å². The Morgan fingerprint density at radius 1 is 1.16 bits per heavy atom. The van der Waals surface area contributed by atoms with Crippen molar-refractivity contribution >= 4 is 17.5 Å². The van der Waals surface area contributed by atoms with Crippen LogP contribution >= 0.6 is 0 Å². The summed E-state index contributed by atoms with van der Waals surface area (Å²) in [6.45, 7) is 7.74. The molecule has 43 heavy (non-hydrogen) atoms. The van der Waals surface area contributed by atoms with E-state index in [1.807, 2.05) is 27.7 Å². The molecule has 2 amide bonds. The number of benzene rings is 1. The molecule has 4 heterocycles. The Bertz CT molecular complexity index is 1670. The topological polar surface area (TPSA) is 127 Å². The first-order chi connectivity index (χ1) is 20.6. The Morgan fingerprint density at radius 2 is 1.95 bits per heavy atom. The first kappa shape index (κ1) is 28.5. The fraction of sp³-hybridized carbons (Fsp3) is 0.387. The molecule has 2 aliphatic rings. The van der Waals surface area contributed by atoms with Crippen LogP contribution in [-0.2, 0) is 4.79 Å². The van der Waals surface area contributed by atoms with Gasteiger partial charge >= 0.3 is 0 Å². The Hall–Kier alpha value is -4.61. The van der Waals surface area contributed by atoms with E-state index in [-0.39, 0.29) is 36.8 Å². The van der Waals surface area contributed by atoms with Crippen LogP contribution in [0.1, 0.15) is 66.1 Å². The van der Waals surface area contributed by atoms with Crippen molar-refractivity contribution in [2.75, 3.05) is 18.5 Å². The maximum Gasteiger partial charge on any atom is 0.269 e. The van der Waals surface area contributed by atoms with Crippen LogP contribution in [0.2, 0.25) is 0 Å². The van der Waals surface area contributed by atoms with Crippen LogP contribution in [0.4, 0.5) is 14.5 Å². The van der Waals surface area contributed by atoms with Gasteiger partial charge in [-0.2, -0.15) is 14.6 Å². The molecule has 0 radical (unpaired) electrons. The number of hydrogen-bond donors (Lipinski definition) is 3. The molecule has 2 unspecified atom stereocenters. The van der Waals surface area contributed by atoms with E-state index < -0.39 is 28.9 Å². The summed E-state index contributed by atoms with van der Waals surface area (Å²) in [6, 6.07) is 7.67. The molecule has 6 rings (SSSR count). The normalized spacial score (nSPS) is 17.3. The average Bonchev–Trinajstić information content (AvgIpc) is 3.40. The van der Waals surface area contributed by atoms with Crippen molar-refractivity contribution in [1.82, 2.24) is 30.3 Å². The first-order valence-electron chi connectivity index (χ1n) is 14.3. The van der Waals surface area contributed by atoms with Crippen molar-refractivity contribution in [1.29, 1.82) is 0 Å². The number of pyridine rings is 1. The molecule has 3 aromatic heterocycles. The molecule has 2 atom stereocenters. The van der Waals surface area contributed by atoms with Crippen molar-refractivity contribution in [2.45, 2.75) is 52.5 Å². The van der Waals surface area contributed by atoms with Crippen LogP contribution in [-0.4, -0.2) is 49.9 Å². The maximum absolute atomic E-state index is 14.9. The van der Waals surface area contributed by atoms with Gasteiger partial charge in [0.2, 0.25) is 11.7 Å². The Balaban J connectivity index is 1.31. The third-order valence-electron chi connectivity index (χ3n) is 8.50. The third-order valence-corrected chi connectivity index (χ3v) is 8.50. The van der Waals surface area contributed by atoms with Crippen molar-refractivity contribution in [3.8, 4) is 17.0 Å². The zero-order valence-electron chi connectivity index (χ0n) is 24.4. The van der Waals surface area contributed by atoms with Gasteiger partial charge < -0.3 is 15.4 Å². The van der Waals surface area contributed by atoms with Gasteiger partial charge in [-0.25, -0.2) is 4.39 Å². The zero-order valence-corrected chi connectivity index (χ0v) is 24.4. The van der Waals surface area contributed by atoms with E-state index in [4.69, 9.17) is 4.74 Å². The monoisotopic (exact) mass is 589 g/mol. The molecule has 1 spiro atoms. The zero-order chi connectivity index (χ0) is 30.5. The molecule has 0 saturated heterocycles. The largest absolute Gasteiger partial charge is 0.489 e. The summed E-state index contributed by atoms with van der Waals surface area (Å²) < 4.78 is 36.4. The Kier molecular flexibility index (Phi) is 7.23. The number of nitrogens with zero attached hydrogens (tertiary/aromatic N) is 4. The van der Waals surface area contributed by atoms with Gasteiger partial charge in [-0.05, 0) is 64.8 Å². The second kappa shape index (κ2) is 10.9. The van der Waals surface area contributed by atoms with Gasteiger partial charge in [0.25, 0.3) is 5.91 Å². The lowest BCUT2D eigenvalue weighted by Crippen LogP contribution is -2.44. The molecule has 1 aromatic carbocycles. The summed E-state index contributed by atoms with van der Waals surface area (Å²) in [7, 11) is 0. The third kappa shape index (κ3) is 5.15. The van der Waals surface area contributed by atoms with Crippen molar-refractivity contribution in [3.05, 3.63) is 77.0 Å². The van der Waals surface area contributed by atoms with E-state index in [1.54, 1.807) is 35.3 Å². The van der Waals surface area contributed by atoms with Crippen LogP contribution in [0.5, 0.6) is 5.75 Å². The van der Waals surface area contributed by atoms with Crippen LogP contribution in [0.15, 0.2) is 42.7 Å². The highest BCUT2D eigenvalue weighted by atomic mass is 19.2. The van der Waals surface area contributed by atoms with E-state index in [1.165, 1.54) is 6.07 Å². The summed E-state index contributed by atoms with van der Waals surface area (Å²) in [5, 5.41) is 17.3. The van der Waals surface area contributed by atoms with Gasteiger partial charge in [0.05, 0.1) is 35.8 Å². The smallest absolute Gasteiger partial charge is 0.269 e. The number of carbonyl (C=O) groups is 2. The van der Waals surface area contributed by atoms with Gasteiger partial charge in [0.15, 0.2) is 11.6 Å². The van der Waals surface area contributed by atoms with Gasteiger partial charge in [0, 0.05) is 46.9 Å². The van der Waals surface area contributed by atoms with Gasteiger partial charge in [0.1, 0.15) is 5.69 Å². The minimum Gasteiger partial charge on any atom is -0.489 e. The number of aryl methyl sites for hydroxylation is 2. The number of fused-ring (bicyclic) bond motifs is 1. The molecule has 4 aromatic rings. The summed E-state index contributed by atoms with van der Waals surface area (Å²) in [5.41, 5.74) is 4.11. The number of aromatic amines is 1. The molecular weight excluding hydrogens is 556 g/mol. The summed E-state index contributed by atoms with van der Waals surface area (Å²) in [4.78, 5) is 31.9. The van der Waals surface area contributed by atoms with Crippen molar-refractivity contribution in [3.63, 3.8) is 0 Å². The van der Waals surface area contributed by atoms with Crippen LogP contribution in [0, 0.1) is 36.8 Å². The SMILES string of the molecule is Cc1n[nH]c(C)c1-c1ccc(NC(=O)C(CNC(=O)c2ccnn2C(C)C)C2c3ccc(F)c(F)c3OCC23CC3)cn1. The second-order valence-electron chi connectivity index (χ2n) is 11.7. The highest BCUT2D eigenvalue weighted by molar-refractivity contribution is 5.95. The minimum atomic E-state index is -1.08. The molecule has 1 aliphatic heterocycles. The number of aromatic nitrogens is 5. The minimum absolute atomic E-state index is 0.0439. The number of H-pyrrole nitrogens is 1. The van der Waals surface area contributed by atoms with Crippen LogP contribution in [0.3, 0.4) is 0 Å². The number of hydrogen-bond acceptors (Lipinski definition) is 6. The lowest BCUT2D eigenvalue weighted by atomic mass is 9.72. The lowest BCUT2D eigenvalue weighted by molar-refractivity contribution is -0.121. The standard InChI is InChI=1S/C31H33F2N7O3/c1-16(2)40-24(9-12-36-40)30(42)35-14-21(26-20-6-7-22(32)27(33)28(20)43-15-31(26)10-11-31)29(41)37-19-5-8-23(34-13-19)25-17(3)38-39-18(25)4/h5-9,12-13,16,21,26H,10-11,14-15H2,1-4H3,(H,35,42)(H,37,41)(H,38,39). The lowest BCUT2D eigenvalue weighted by Gasteiger charge is -2.38. The predicted molar refractivity (Wildman–Crippen MR) is 155 cm³/mol. The molecule has 1 aliphatic carbocycles. The Morgan fingerprint density at radius 3 is 2.60 bits per heavy atom. The fourth-order valence-corrected chi connectivity index (χ4v) is 6.17. The fourth-order valence-electron chi connectivity index (χ4n) is 6.17. The van der Waals surface area contributed by atoms with Crippen molar-refractivity contribution in [2.24, 2.45) is 11.3 Å². The number of carbonyl (C=O) groups excluding carboxylic acids is 2. The molecule has 3 N–H and O–H groups in total. The van der Waals surface area contributed by atoms with Gasteiger partial charge in [-0.3, -0.25) is 24.4 Å². The van der Waals surface area contributed by atoms with Crippen LogP contribution in [0.25, 0.3) is 11.3 Å². The maximum atomic E-state index is 14.9. The highest BCUT2D eigenvalue weighted by Crippen LogP contribution is 2.62. The number of ether oxygens (including phenoxy) is 1. The summed E-state index contributed by atoms with van der Waals surface area (Å²) in [6.07, 6.45) is 4.63. The number of anilines is 1. The summed E-state index contributed by atoms with van der Waals surface area (Å²) >= 11 is 0. The number of amides is 2. The summed E-state index contributed by atoms with van der Waals surface area (Å²) in [5.74, 6) is -4.39. The molecule has 224 valence electrons. The Labute approximate surface area is 247 Å². The van der Waals surface area contributed by atoms with Crippen LogP contribution < -0.4 is 15.4 Å². The van der Waals surface area contributed by atoms with E-state index in [9.17, 15) is 18.4 Å². The molecule has 1 fully saturated rings. The van der Waals surface area contributed by atoms with Crippen molar-refractivity contribution < 1.29 is 23.1 Å². The number of rotatable bonds is 8. The molecule has 12 heteroatoms. The highest BCUT2D eigenvalue weighted by Gasteiger charge is 2.58. The van der Waals surface area contributed by atoms with E-state index >= 15 is 0 Å². The molecule has 1 saturated carbocycles. The van der Waals surface area contributed by atoms with E-state index in [0.717, 1.165) is 35.9 Å².